The van der Waals surface area contributed by atoms with Crippen molar-refractivity contribution in [1.82, 2.24) is 15.5 Å². The zero-order valence-corrected chi connectivity index (χ0v) is 8.36. The van der Waals surface area contributed by atoms with Crippen molar-refractivity contribution in [2.24, 2.45) is 5.92 Å². The van der Waals surface area contributed by atoms with Crippen LogP contribution in [0.5, 0.6) is 0 Å². The van der Waals surface area contributed by atoms with Crippen molar-refractivity contribution in [3.8, 4) is 0 Å². The van der Waals surface area contributed by atoms with Gasteiger partial charge in [-0.2, -0.15) is 4.98 Å². The molecule has 1 aromatic rings. The Kier molecular flexibility index (Phi) is 1.83. The topological polar surface area (TPSA) is 51.0 Å². The van der Waals surface area contributed by atoms with Crippen molar-refractivity contribution < 1.29 is 4.52 Å². The summed E-state index contributed by atoms with van der Waals surface area (Å²) in [7, 11) is 0. The van der Waals surface area contributed by atoms with E-state index in [4.69, 9.17) is 4.52 Å². The first kappa shape index (κ1) is 8.41. The summed E-state index contributed by atoms with van der Waals surface area (Å²) in [4.78, 5) is 4.40. The number of aromatic nitrogens is 2. The molecule has 3 atom stereocenters. The predicted molar refractivity (Wildman–Crippen MR) is 50.7 cm³/mol. The number of hydrogen-bond acceptors (Lipinski definition) is 4. The predicted octanol–water partition coefficient (Wildman–Crippen LogP) is 1.44. The van der Waals surface area contributed by atoms with E-state index in [2.05, 4.69) is 22.4 Å². The highest BCUT2D eigenvalue weighted by atomic mass is 16.5. The third-order valence-corrected chi connectivity index (χ3v) is 3.13. The molecule has 4 heteroatoms. The van der Waals surface area contributed by atoms with Crippen molar-refractivity contribution in [3.63, 3.8) is 0 Å². The molecule has 3 rings (SSSR count). The van der Waals surface area contributed by atoms with Crippen LogP contribution in [0.3, 0.4) is 0 Å². The summed E-state index contributed by atoms with van der Waals surface area (Å²) in [6, 6.07) is 1.07. The molecular formula is C10H15N3O. The van der Waals surface area contributed by atoms with Gasteiger partial charge in [-0.05, 0) is 25.2 Å². The van der Waals surface area contributed by atoms with E-state index in [0.29, 0.717) is 6.04 Å². The Morgan fingerprint density at radius 1 is 1.50 bits per heavy atom. The monoisotopic (exact) mass is 193 g/mol. The zero-order valence-electron chi connectivity index (χ0n) is 8.36. The maximum atomic E-state index is 5.25. The Balaban J connectivity index is 1.70. The first-order chi connectivity index (χ1) is 6.86. The van der Waals surface area contributed by atoms with E-state index in [9.17, 15) is 0 Å². The molecule has 0 radical (unpaired) electrons. The van der Waals surface area contributed by atoms with Crippen molar-refractivity contribution in [2.75, 3.05) is 0 Å². The molecule has 0 aromatic carbocycles. The number of aryl methyl sites for hydroxylation is 1. The van der Waals surface area contributed by atoms with E-state index >= 15 is 0 Å². The van der Waals surface area contributed by atoms with Gasteiger partial charge in [-0.25, -0.2) is 0 Å². The summed E-state index contributed by atoms with van der Waals surface area (Å²) >= 11 is 0. The Labute approximate surface area is 83.1 Å². The normalized spacial score (nSPS) is 34.5. The second-order valence-corrected chi connectivity index (χ2v) is 4.36. The number of rotatable bonds is 3. The van der Waals surface area contributed by atoms with Crippen molar-refractivity contribution >= 4 is 0 Å². The van der Waals surface area contributed by atoms with E-state index in [-0.39, 0.29) is 0 Å². The van der Waals surface area contributed by atoms with Crippen LogP contribution in [-0.4, -0.2) is 16.2 Å². The highest BCUT2D eigenvalue weighted by molar-refractivity contribution is 5.08. The minimum atomic E-state index is 0.330. The Morgan fingerprint density at radius 2 is 2.43 bits per heavy atom. The largest absolute Gasteiger partial charge is 0.338 e. The number of fused-ring (bicyclic) bond motifs is 1. The number of piperidine rings is 1. The first-order valence-electron chi connectivity index (χ1n) is 5.45. The van der Waals surface area contributed by atoms with E-state index in [1.807, 2.05) is 0 Å². The van der Waals surface area contributed by atoms with Gasteiger partial charge in [-0.15, -0.1) is 0 Å². The van der Waals surface area contributed by atoms with Crippen LogP contribution in [-0.2, 0) is 6.42 Å². The molecule has 1 aliphatic heterocycles. The quantitative estimate of drug-likeness (QED) is 0.789. The van der Waals surface area contributed by atoms with E-state index < -0.39 is 0 Å². The van der Waals surface area contributed by atoms with Crippen molar-refractivity contribution in [2.45, 2.75) is 44.7 Å². The molecule has 2 fully saturated rings. The molecule has 1 saturated heterocycles. The van der Waals surface area contributed by atoms with Gasteiger partial charge in [0.2, 0.25) is 5.89 Å². The number of hydrogen-bond donors (Lipinski definition) is 1. The maximum absolute atomic E-state index is 5.25. The Morgan fingerprint density at radius 3 is 3.14 bits per heavy atom. The van der Waals surface area contributed by atoms with Crippen LogP contribution in [0.1, 0.15) is 43.9 Å². The Bertz CT molecular complexity index is 326. The molecule has 4 nitrogen and oxygen atoms in total. The van der Waals surface area contributed by atoms with Gasteiger partial charge in [0.15, 0.2) is 5.82 Å². The van der Waals surface area contributed by atoms with Gasteiger partial charge in [0.25, 0.3) is 0 Å². The molecule has 76 valence electrons. The summed E-state index contributed by atoms with van der Waals surface area (Å²) < 4.78 is 5.25. The Hall–Kier alpha value is -0.900. The molecule has 1 N–H and O–H groups in total. The number of nitrogens with zero attached hydrogens (tertiary/aromatic N) is 2. The summed E-state index contributed by atoms with van der Waals surface area (Å²) in [5.41, 5.74) is 0. The van der Waals surface area contributed by atoms with E-state index in [1.165, 1.54) is 12.8 Å². The average Bonchev–Trinajstić information content (AvgIpc) is 2.68. The second kappa shape index (κ2) is 3.05. The molecule has 2 aliphatic rings. The van der Waals surface area contributed by atoms with Crippen LogP contribution in [0, 0.1) is 5.92 Å². The zero-order chi connectivity index (χ0) is 9.54. The van der Waals surface area contributed by atoms with Gasteiger partial charge >= 0.3 is 0 Å². The third-order valence-electron chi connectivity index (χ3n) is 3.13. The smallest absolute Gasteiger partial charge is 0.243 e. The van der Waals surface area contributed by atoms with E-state index in [1.54, 1.807) is 0 Å². The lowest BCUT2D eigenvalue weighted by molar-refractivity contribution is 0.331. The van der Waals surface area contributed by atoms with Crippen LogP contribution in [0.4, 0.5) is 0 Å². The van der Waals surface area contributed by atoms with Crippen LogP contribution in [0.15, 0.2) is 4.52 Å². The van der Waals surface area contributed by atoms with E-state index in [0.717, 1.165) is 36.5 Å². The molecular weight excluding hydrogens is 178 g/mol. The highest BCUT2D eigenvalue weighted by Gasteiger charge is 2.47. The molecule has 1 saturated carbocycles. The minimum Gasteiger partial charge on any atom is -0.338 e. The molecule has 1 aromatic heterocycles. The fourth-order valence-electron chi connectivity index (χ4n) is 2.25. The van der Waals surface area contributed by atoms with Gasteiger partial charge in [0.05, 0.1) is 6.04 Å². The molecule has 0 unspecified atom stereocenters. The standard InChI is InChI=1S/C10H15N3O/c1-2-3-9-12-10(14-13-9)8-5-6-4-7(6)11-8/h6-8,11H,2-5H2,1H3/t6-,7-,8-/m0/s1. The second-order valence-electron chi connectivity index (χ2n) is 4.36. The molecule has 0 bridgehead atoms. The van der Waals surface area contributed by atoms with Crippen LogP contribution >= 0.6 is 0 Å². The summed E-state index contributed by atoms with van der Waals surface area (Å²) in [5.74, 6) is 2.52. The highest BCUT2D eigenvalue weighted by Crippen LogP contribution is 2.45. The lowest BCUT2D eigenvalue weighted by Crippen LogP contribution is -2.17. The molecule has 1 aliphatic carbocycles. The average molecular weight is 193 g/mol. The third kappa shape index (κ3) is 1.34. The van der Waals surface area contributed by atoms with Gasteiger partial charge < -0.3 is 9.84 Å². The summed E-state index contributed by atoms with van der Waals surface area (Å²) in [5, 5.41) is 7.47. The van der Waals surface area contributed by atoms with Gasteiger partial charge in [-0.3, -0.25) is 0 Å². The van der Waals surface area contributed by atoms with Gasteiger partial charge in [0, 0.05) is 12.5 Å². The fourth-order valence-corrected chi connectivity index (χ4v) is 2.25. The molecule has 0 spiro atoms. The lowest BCUT2D eigenvalue weighted by atomic mass is 10.2. The van der Waals surface area contributed by atoms with Crippen molar-refractivity contribution in [3.05, 3.63) is 11.7 Å². The molecule has 0 amide bonds. The maximum Gasteiger partial charge on any atom is 0.243 e. The van der Waals surface area contributed by atoms with Crippen molar-refractivity contribution in [1.29, 1.82) is 0 Å². The van der Waals surface area contributed by atoms with Gasteiger partial charge in [0.1, 0.15) is 0 Å². The summed E-state index contributed by atoms with van der Waals surface area (Å²) in [6.45, 7) is 2.12. The van der Waals surface area contributed by atoms with Crippen LogP contribution in [0.2, 0.25) is 0 Å². The molecule has 2 heterocycles. The minimum absolute atomic E-state index is 0.330. The SMILES string of the molecule is CCCc1noc([C@@H]2C[C@@H]3C[C@@H]3N2)n1. The fraction of sp³-hybridized carbons (Fsp3) is 0.800. The molecule has 14 heavy (non-hydrogen) atoms. The van der Waals surface area contributed by atoms with Crippen LogP contribution < -0.4 is 5.32 Å². The summed E-state index contributed by atoms with van der Waals surface area (Å²) in [6.07, 6.45) is 4.51. The number of nitrogens with one attached hydrogen (secondary N) is 1. The first-order valence-corrected chi connectivity index (χ1v) is 5.45. The van der Waals surface area contributed by atoms with Gasteiger partial charge in [-0.1, -0.05) is 12.1 Å². The lowest BCUT2D eigenvalue weighted by Gasteiger charge is -2.05. The van der Waals surface area contributed by atoms with Crippen LogP contribution in [0.25, 0.3) is 0 Å².